The van der Waals surface area contributed by atoms with Crippen LogP contribution in [0.15, 0.2) is 31.8 Å². The summed E-state index contributed by atoms with van der Waals surface area (Å²) in [4.78, 5) is 24.8. The zero-order valence-corrected chi connectivity index (χ0v) is 10.8. The molecule has 1 aromatic rings. The second kappa shape index (κ2) is 5.27. The van der Waals surface area contributed by atoms with Crippen molar-refractivity contribution in [1.29, 1.82) is 0 Å². The van der Waals surface area contributed by atoms with Crippen molar-refractivity contribution in [3.8, 4) is 0 Å². The predicted molar refractivity (Wildman–Crippen MR) is 67.4 cm³/mol. The number of rotatable bonds is 3. The molecule has 1 heterocycles. The zero-order valence-electron chi connectivity index (χ0n) is 7.67. The summed E-state index contributed by atoms with van der Waals surface area (Å²) < 4.78 is 1.99. The third-order valence-corrected chi connectivity index (χ3v) is 2.09. The van der Waals surface area contributed by atoms with Gasteiger partial charge in [-0.1, -0.05) is 6.08 Å². The largest absolute Gasteiger partial charge is 0.328 e. The van der Waals surface area contributed by atoms with Crippen molar-refractivity contribution in [2.45, 2.75) is 6.54 Å². The van der Waals surface area contributed by atoms with Gasteiger partial charge < -0.3 is 0 Å². The number of nitrogens with one attached hydrogen (secondary N) is 1. The summed E-state index contributed by atoms with van der Waals surface area (Å²) in [5.41, 5.74) is -0.473. The molecule has 0 atom stereocenters. The summed E-state index contributed by atoms with van der Waals surface area (Å²) in [7, 11) is 0. The summed E-state index contributed by atoms with van der Waals surface area (Å²) in [6, 6.07) is 0. The Morgan fingerprint density at radius 1 is 1.53 bits per heavy atom. The van der Waals surface area contributed by atoms with Gasteiger partial charge in [-0.15, -0.1) is 6.58 Å². The Bertz CT molecular complexity index is 510. The van der Waals surface area contributed by atoms with Crippen molar-refractivity contribution in [2.75, 3.05) is 0 Å². The number of nitrogens with zero attached hydrogens (tertiary/aromatic N) is 1. The molecule has 0 spiro atoms. The molecule has 0 aliphatic carbocycles. The van der Waals surface area contributed by atoms with Crippen LogP contribution >= 0.6 is 31.9 Å². The fourth-order valence-corrected chi connectivity index (χ4v) is 1.51. The Morgan fingerprint density at radius 3 is 2.73 bits per heavy atom. The molecule has 15 heavy (non-hydrogen) atoms. The van der Waals surface area contributed by atoms with Crippen LogP contribution in [0.1, 0.15) is 5.56 Å². The van der Waals surface area contributed by atoms with Crippen LogP contribution in [0.25, 0.3) is 6.08 Å². The number of allylic oxidation sites excluding steroid dienone is 1. The fraction of sp³-hybridized carbons (Fsp3) is 0.111. The topological polar surface area (TPSA) is 54.9 Å². The molecule has 1 rings (SSSR count). The fourth-order valence-electron chi connectivity index (χ4n) is 1.02. The van der Waals surface area contributed by atoms with E-state index in [4.69, 9.17) is 0 Å². The number of H-pyrrole nitrogens is 1. The van der Waals surface area contributed by atoms with E-state index in [1.807, 2.05) is 0 Å². The minimum absolute atomic E-state index is 0.357. The maximum Gasteiger partial charge on any atom is 0.328 e. The van der Waals surface area contributed by atoms with E-state index in [1.165, 1.54) is 10.8 Å². The lowest BCUT2D eigenvalue weighted by Gasteiger charge is -2.01. The highest BCUT2D eigenvalue weighted by Crippen LogP contribution is 2.15. The Kier molecular flexibility index (Phi) is 4.28. The van der Waals surface area contributed by atoms with E-state index in [0.717, 1.165) is 0 Å². The van der Waals surface area contributed by atoms with Crippen molar-refractivity contribution in [1.82, 2.24) is 9.55 Å². The van der Waals surface area contributed by atoms with Gasteiger partial charge in [-0.05, 0) is 37.9 Å². The number of hydrogen-bond donors (Lipinski definition) is 1. The van der Waals surface area contributed by atoms with Crippen LogP contribution in [0, 0.1) is 0 Å². The molecule has 0 saturated heterocycles. The van der Waals surface area contributed by atoms with Gasteiger partial charge in [0.25, 0.3) is 5.56 Å². The van der Waals surface area contributed by atoms with Gasteiger partial charge in [0, 0.05) is 12.7 Å². The van der Waals surface area contributed by atoms with Crippen LogP contribution in [0.2, 0.25) is 0 Å². The van der Waals surface area contributed by atoms with Crippen molar-refractivity contribution < 1.29 is 0 Å². The highest BCUT2D eigenvalue weighted by Gasteiger charge is 2.01. The molecule has 0 aliphatic heterocycles. The Hall–Kier alpha value is -0.880. The van der Waals surface area contributed by atoms with Gasteiger partial charge in [-0.25, -0.2) is 4.79 Å². The number of aromatic amines is 1. The SMILES string of the molecule is C=CCn1cc(C=C(Br)Br)c(=O)[nH]c1=O. The number of aromatic nitrogens is 2. The lowest BCUT2D eigenvalue weighted by molar-refractivity contribution is 0.735. The minimum atomic E-state index is -0.442. The summed E-state index contributed by atoms with van der Waals surface area (Å²) in [5, 5.41) is 0. The molecular formula is C9H8Br2N2O2. The van der Waals surface area contributed by atoms with Crippen LogP contribution in [0.3, 0.4) is 0 Å². The third-order valence-electron chi connectivity index (χ3n) is 1.63. The molecule has 4 nitrogen and oxygen atoms in total. The molecular weight excluding hydrogens is 328 g/mol. The zero-order chi connectivity index (χ0) is 11.4. The van der Waals surface area contributed by atoms with Gasteiger partial charge in [-0.3, -0.25) is 14.3 Å². The molecule has 0 radical (unpaired) electrons. The average molecular weight is 336 g/mol. The molecule has 6 heteroatoms. The quantitative estimate of drug-likeness (QED) is 0.856. The summed E-state index contributed by atoms with van der Waals surface area (Å²) in [5.74, 6) is 0. The van der Waals surface area contributed by atoms with Gasteiger partial charge in [0.1, 0.15) is 0 Å². The lowest BCUT2D eigenvalue weighted by Crippen LogP contribution is -2.30. The third kappa shape index (κ3) is 3.32. The molecule has 0 fully saturated rings. The minimum Gasteiger partial charge on any atom is -0.296 e. The first-order chi connectivity index (χ1) is 7.04. The van der Waals surface area contributed by atoms with E-state index in [1.54, 1.807) is 12.2 Å². The van der Waals surface area contributed by atoms with Gasteiger partial charge in [0.2, 0.25) is 0 Å². The molecule has 1 aromatic heterocycles. The maximum atomic E-state index is 11.4. The van der Waals surface area contributed by atoms with Gasteiger partial charge >= 0.3 is 5.69 Å². The van der Waals surface area contributed by atoms with Crippen LogP contribution in [-0.2, 0) is 6.54 Å². The van der Waals surface area contributed by atoms with Gasteiger partial charge in [-0.2, -0.15) is 0 Å². The van der Waals surface area contributed by atoms with Crippen LogP contribution < -0.4 is 11.2 Å². The van der Waals surface area contributed by atoms with E-state index in [9.17, 15) is 9.59 Å². The molecule has 0 saturated carbocycles. The molecule has 1 N–H and O–H groups in total. The Morgan fingerprint density at radius 2 is 2.20 bits per heavy atom. The van der Waals surface area contributed by atoms with Crippen molar-refractivity contribution in [3.63, 3.8) is 0 Å². The highest BCUT2D eigenvalue weighted by molar-refractivity contribution is 9.28. The van der Waals surface area contributed by atoms with E-state index >= 15 is 0 Å². The molecule has 0 bridgehead atoms. The van der Waals surface area contributed by atoms with Crippen LogP contribution in [-0.4, -0.2) is 9.55 Å². The van der Waals surface area contributed by atoms with Crippen LogP contribution in [0.4, 0.5) is 0 Å². The summed E-state index contributed by atoms with van der Waals surface area (Å²) in [6.45, 7) is 3.88. The van der Waals surface area contributed by atoms with Crippen molar-refractivity contribution in [3.05, 3.63) is 48.6 Å². The van der Waals surface area contributed by atoms with E-state index in [0.29, 0.717) is 15.5 Å². The first kappa shape index (κ1) is 12.2. The van der Waals surface area contributed by atoms with Crippen molar-refractivity contribution >= 4 is 37.9 Å². The van der Waals surface area contributed by atoms with E-state index < -0.39 is 11.2 Å². The average Bonchev–Trinajstić information content (AvgIpc) is 2.12. The smallest absolute Gasteiger partial charge is 0.296 e. The first-order valence-electron chi connectivity index (χ1n) is 4.02. The lowest BCUT2D eigenvalue weighted by atomic mass is 10.3. The molecule has 0 amide bonds. The summed E-state index contributed by atoms with van der Waals surface area (Å²) >= 11 is 6.29. The predicted octanol–water partition coefficient (Wildman–Crippen LogP) is 1.81. The monoisotopic (exact) mass is 334 g/mol. The Balaban J connectivity index is 3.36. The first-order valence-corrected chi connectivity index (χ1v) is 5.60. The second-order valence-corrected chi connectivity index (χ2v) is 5.49. The standard InChI is InChI=1S/C9H8Br2N2O2/c1-2-3-13-5-6(4-7(10)11)8(14)12-9(13)15/h2,4-5H,1,3H2,(H,12,14,15). The molecule has 80 valence electrons. The van der Waals surface area contributed by atoms with Gasteiger partial charge in [0.15, 0.2) is 0 Å². The van der Waals surface area contributed by atoms with Crippen LogP contribution in [0.5, 0.6) is 0 Å². The van der Waals surface area contributed by atoms with Gasteiger partial charge in [0.05, 0.1) is 8.96 Å². The molecule has 0 unspecified atom stereocenters. The maximum absolute atomic E-state index is 11.4. The normalized spacial score (nSPS) is 9.73. The number of hydrogen-bond acceptors (Lipinski definition) is 2. The Labute approximate surface area is 103 Å². The second-order valence-electron chi connectivity index (χ2n) is 2.72. The molecule has 0 aliphatic rings. The summed E-state index contributed by atoms with van der Waals surface area (Å²) in [6.07, 6.45) is 4.62. The van der Waals surface area contributed by atoms with E-state index in [-0.39, 0.29) is 0 Å². The van der Waals surface area contributed by atoms with Crippen molar-refractivity contribution in [2.24, 2.45) is 0 Å². The number of halogens is 2. The molecule has 0 aromatic carbocycles. The van der Waals surface area contributed by atoms with E-state index in [2.05, 4.69) is 43.4 Å². The highest BCUT2D eigenvalue weighted by atomic mass is 79.9.